The summed E-state index contributed by atoms with van der Waals surface area (Å²) in [4.78, 5) is 13.3. The zero-order chi connectivity index (χ0) is 63.8. The van der Waals surface area contributed by atoms with E-state index in [9.17, 15) is 45.6 Å². The van der Waals surface area contributed by atoms with E-state index in [1.807, 2.05) is 6.08 Å². The van der Waals surface area contributed by atoms with Crippen LogP contribution in [-0.2, 0) is 23.7 Å². The summed E-state index contributed by atoms with van der Waals surface area (Å²) >= 11 is 0. The lowest BCUT2D eigenvalue weighted by Crippen LogP contribution is -2.65. The van der Waals surface area contributed by atoms with Crippen LogP contribution in [0, 0.1) is 0 Å². The number of aliphatic hydroxyl groups is 8. The molecule has 0 aromatic carbocycles. The molecule has 1 amide bonds. The normalized spacial score (nSPS) is 23.8. The predicted molar refractivity (Wildman–Crippen MR) is 359 cm³/mol. The van der Waals surface area contributed by atoms with Gasteiger partial charge < -0.3 is 65.1 Å². The molecule has 2 aliphatic heterocycles. The molecule has 2 aliphatic rings. The van der Waals surface area contributed by atoms with Gasteiger partial charge in [0.05, 0.1) is 32.0 Å². The highest BCUT2D eigenvalue weighted by molar-refractivity contribution is 5.76. The molecule has 12 unspecified atom stereocenters. The summed E-state index contributed by atoms with van der Waals surface area (Å²) < 4.78 is 22.8. The first-order chi connectivity index (χ1) is 43.1. The zero-order valence-corrected chi connectivity index (χ0v) is 55.2. The number of aliphatic hydroxyl groups excluding tert-OH is 8. The van der Waals surface area contributed by atoms with Gasteiger partial charge in [-0.1, -0.05) is 278 Å². The summed E-state index contributed by atoms with van der Waals surface area (Å²) in [5.74, 6) is -0.275. The first-order valence-corrected chi connectivity index (χ1v) is 35.5. The number of allylic oxidation sites excluding steroid dienone is 15. The molecule has 0 aliphatic carbocycles. The van der Waals surface area contributed by atoms with Gasteiger partial charge in [0.2, 0.25) is 5.91 Å². The number of unbranched alkanes of at least 4 members (excludes halogenated alkanes) is 30. The van der Waals surface area contributed by atoms with Crippen molar-refractivity contribution in [2.24, 2.45) is 0 Å². The third-order valence-electron chi connectivity index (χ3n) is 16.8. The maximum absolute atomic E-state index is 13.3. The molecule has 0 radical (unpaired) electrons. The van der Waals surface area contributed by atoms with Crippen LogP contribution >= 0.6 is 0 Å². The van der Waals surface area contributed by atoms with Crippen LogP contribution in [0.5, 0.6) is 0 Å². The Labute approximate surface area is 534 Å². The van der Waals surface area contributed by atoms with E-state index < -0.39 is 86.8 Å². The molecular weight excluding hydrogens is 1110 g/mol. The summed E-state index contributed by atoms with van der Waals surface area (Å²) in [7, 11) is 0. The van der Waals surface area contributed by atoms with Crippen LogP contribution in [-0.4, -0.2) is 140 Å². The van der Waals surface area contributed by atoms with E-state index >= 15 is 0 Å². The van der Waals surface area contributed by atoms with Gasteiger partial charge in [-0.15, -0.1) is 0 Å². The van der Waals surface area contributed by atoms with Gasteiger partial charge in [-0.25, -0.2) is 0 Å². The first-order valence-electron chi connectivity index (χ1n) is 35.5. The Bertz CT molecular complexity index is 1850. The van der Waals surface area contributed by atoms with E-state index in [4.69, 9.17) is 18.9 Å². The molecule has 0 aromatic heterocycles. The molecular formula is C74H129NO13. The van der Waals surface area contributed by atoms with Crippen molar-refractivity contribution >= 4 is 5.91 Å². The van der Waals surface area contributed by atoms with Crippen molar-refractivity contribution in [3.05, 3.63) is 97.2 Å². The topological polar surface area (TPSA) is 228 Å². The van der Waals surface area contributed by atoms with E-state index in [1.54, 1.807) is 6.08 Å². The molecule has 0 saturated carbocycles. The predicted octanol–water partition coefficient (Wildman–Crippen LogP) is 14.6. The third kappa shape index (κ3) is 41.4. The van der Waals surface area contributed by atoms with Crippen LogP contribution in [0.4, 0.5) is 0 Å². The molecule has 2 rings (SSSR count). The van der Waals surface area contributed by atoms with Crippen molar-refractivity contribution in [2.45, 2.75) is 344 Å². The Morgan fingerprint density at radius 3 is 1.25 bits per heavy atom. The number of hydrogen-bond donors (Lipinski definition) is 9. The lowest BCUT2D eigenvalue weighted by molar-refractivity contribution is -0.359. The summed E-state index contributed by atoms with van der Waals surface area (Å²) in [5.41, 5.74) is 0. The van der Waals surface area contributed by atoms with Crippen LogP contribution in [0.15, 0.2) is 97.2 Å². The van der Waals surface area contributed by atoms with Gasteiger partial charge in [0.15, 0.2) is 12.6 Å². The molecule has 2 heterocycles. The summed E-state index contributed by atoms with van der Waals surface area (Å²) in [6.45, 7) is 2.67. The SMILES string of the molecule is CC/C=C\C/C=C\C/C=C\C/C=C\C/C=C\C/C=C\CCCCCCC(=O)NC(COC1OC(CO)C(OC2OC(CO)C(O)C(O)C2O)C(O)C1O)C(O)/C=C/CC/C=C/CCCCCCCCCCCCCCCCCCCCCCCCCCC. The van der Waals surface area contributed by atoms with E-state index in [2.05, 4.69) is 104 Å². The minimum Gasteiger partial charge on any atom is -0.394 e. The van der Waals surface area contributed by atoms with Crippen LogP contribution < -0.4 is 5.32 Å². The molecule has 2 saturated heterocycles. The number of ether oxygens (including phenoxy) is 4. The molecule has 9 N–H and O–H groups in total. The molecule has 0 bridgehead atoms. The fourth-order valence-electron chi connectivity index (χ4n) is 11.1. The molecule has 0 spiro atoms. The molecule has 0 aromatic rings. The Kier molecular flexibility index (Phi) is 53.2. The van der Waals surface area contributed by atoms with Gasteiger partial charge in [-0.3, -0.25) is 4.79 Å². The number of rotatable bonds is 57. The average molecular weight is 1240 g/mol. The Morgan fingerprint density at radius 1 is 0.420 bits per heavy atom. The molecule has 14 heteroatoms. The van der Waals surface area contributed by atoms with Crippen LogP contribution in [0.1, 0.15) is 271 Å². The highest BCUT2D eigenvalue weighted by Gasteiger charge is 2.51. The minimum absolute atomic E-state index is 0.238. The number of amides is 1. The maximum Gasteiger partial charge on any atom is 0.220 e. The molecule has 12 atom stereocenters. The second kappa shape index (κ2) is 57.8. The first kappa shape index (κ1) is 81.0. The molecule has 14 nitrogen and oxygen atoms in total. The Balaban J connectivity index is 1.71. The van der Waals surface area contributed by atoms with Crippen molar-refractivity contribution in [1.82, 2.24) is 5.32 Å². The number of nitrogens with one attached hydrogen (secondary N) is 1. The second-order valence-corrected chi connectivity index (χ2v) is 24.6. The quantitative estimate of drug-likeness (QED) is 0.0204. The summed E-state index contributed by atoms with van der Waals surface area (Å²) in [5, 5.41) is 87.4. The Hall–Kier alpha value is -3.09. The van der Waals surface area contributed by atoms with Gasteiger partial charge in [-0.05, 0) is 83.5 Å². The number of carbonyl (C=O) groups is 1. The fourth-order valence-corrected chi connectivity index (χ4v) is 11.1. The highest BCUT2D eigenvalue weighted by atomic mass is 16.7. The van der Waals surface area contributed by atoms with Crippen molar-refractivity contribution in [1.29, 1.82) is 0 Å². The summed E-state index contributed by atoms with van der Waals surface area (Å²) in [6.07, 6.45) is 64.7. The van der Waals surface area contributed by atoms with E-state index in [-0.39, 0.29) is 18.9 Å². The lowest BCUT2D eigenvalue weighted by atomic mass is 9.97. The van der Waals surface area contributed by atoms with Crippen LogP contribution in [0.2, 0.25) is 0 Å². The fraction of sp³-hybridized carbons (Fsp3) is 0.770. The lowest BCUT2D eigenvalue weighted by Gasteiger charge is -2.46. The maximum atomic E-state index is 13.3. The standard InChI is InChI=1S/C74H129NO13/c1-3-5-7-9-11-13-15-17-19-21-23-25-27-28-29-30-31-32-33-34-36-37-39-41-43-45-47-49-51-53-55-57-63(78)62(61-85-73-71(84)69(82)72(65(60-77)87-73)88-74-70(83)68(81)67(80)64(59-76)86-74)75-66(79)58-56-54-52-50-48-46-44-42-40-38-35-26-24-22-20-18-16-14-12-10-8-6-4-2/h6,8,12,14,18,20,24,26,38,40,44,46-47,49,55,57,62-65,67-74,76-78,80-84H,3-5,7,9-11,13,15-17,19,21-23,25,27-37,39,41-43,45,48,50-54,56,58-61H2,1-2H3,(H,75,79)/b8-6-,14-12-,20-18-,26-24-,40-38-,46-44-,49-47+,57-55+. The van der Waals surface area contributed by atoms with E-state index in [1.165, 1.54) is 161 Å². The van der Waals surface area contributed by atoms with E-state index in [0.29, 0.717) is 12.8 Å². The smallest absolute Gasteiger partial charge is 0.220 e. The van der Waals surface area contributed by atoms with Gasteiger partial charge in [-0.2, -0.15) is 0 Å². The molecule has 2 fully saturated rings. The average Bonchev–Trinajstić information content (AvgIpc) is 1.78. The third-order valence-corrected chi connectivity index (χ3v) is 16.8. The van der Waals surface area contributed by atoms with Gasteiger partial charge in [0, 0.05) is 6.42 Å². The molecule has 508 valence electrons. The van der Waals surface area contributed by atoms with Crippen LogP contribution in [0.25, 0.3) is 0 Å². The van der Waals surface area contributed by atoms with Gasteiger partial charge in [0.25, 0.3) is 0 Å². The monoisotopic (exact) mass is 1240 g/mol. The molecule has 88 heavy (non-hydrogen) atoms. The highest BCUT2D eigenvalue weighted by Crippen LogP contribution is 2.30. The number of hydrogen-bond acceptors (Lipinski definition) is 13. The summed E-state index contributed by atoms with van der Waals surface area (Å²) in [6, 6.07) is -0.954. The van der Waals surface area contributed by atoms with Crippen molar-refractivity contribution in [3.8, 4) is 0 Å². The van der Waals surface area contributed by atoms with Crippen LogP contribution in [0.3, 0.4) is 0 Å². The largest absolute Gasteiger partial charge is 0.394 e. The van der Waals surface area contributed by atoms with Gasteiger partial charge in [0.1, 0.15) is 48.8 Å². The van der Waals surface area contributed by atoms with Gasteiger partial charge >= 0.3 is 0 Å². The zero-order valence-electron chi connectivity index (χ0n) is 55.2. The second-order valence-electron chi connectivity index (χ2n) is 24.6. The Morgan fingerprint density at radius 2 is 0.795 bits per heavy atom. The number of carbonyl (C=O) groups excluding carboxylic acids is 1. The van der Waals surface area contributed by atoms with Crippen molar-refractivity contribution < 1.29 is 64.6 Å². The van der Waals surface area contributed by atoms with Crippen molar-refractivity contribution in [2.75, 3.05) is 19.8 Å². The van der Waals surface area contributed by atoms with E-state index in [0.717, 1.165) is 77.0 Å². The minimum atomic E-state index is -1.80. The van der Waals surface area contributed by atoms with Crippen molar-refractivity contribution in [3.63, 3.8) is 0 Å².